The van der Waals surface area contributed by atoms with Crippen LogP contribution in [0.5, 0.6) is 0 Å². The van der Waals surface area contributed by atoms with Crippen LogP contribution in [-0.4, -0.2) is 29.6 Å². The Morgan fingerprint density at radius 3 is 2.46 bits per heavy atom. The summed E-state index contributed by atoms with van der Waals surface area (Å²) in [5, 5.41) is 12.2. The van der Waals surface area contributed by atoms with E-state index in [1.807, 2.05) is 32.1 Å². The third kappa shape index (κ3) is 5.09. The highest BCUT2D eigenvalue weighted by Gasteiger charge is 2.47. The minimum Gasteiger partial charge on any atom is -0.466 e. The van der Waals surface area contributed by atoms with Gasteiger partial charge < -0.3 is 9.84 Å². The van der Waals surface area contributed by atoms with Gasteiger partial charge in [-0.05, 0) is 47.9 Å². The van der Waals surface area contributed by atoms with Gasteiger partial charge in [-0.1, -0.05) is 55.8 Å². The van der Waals surface area contributed by atoms with Crippen molar-refractivity contribution in [3.63, 3.8) is 0 Å². The van der Waals surface area contributed by atoms with Crippen LogP contribution in [0.25, 0.3) is 6.08 Å². The fraction of sp³-hybridized carbons (Fsp3) is 0.304. The summed E-state index contributed by atoms with van der Waals surface area (Å²) in [6, 6.07) is 7.26. The largest absolute Gasteiger partial charge is 0.466 e. The van der Waals surface area contributed by atoms with Crippen LogP contribution in [0.4, 0.5) is 0 Å². The average Bonchev–Trinajstić information content (AvgIpc) is 2.62. The lowest BCUT2D eigenvalue weighted by Gasteiger charge is -2.44. The van der Waals surface area contributed by atoms with Crippen LogP contribution in [0.2, 0.25) is 5.02 Å². The summed E-state index contributed by atoms with van der Waals surface area (Å²) in [7, 11) is 1.31. The van der Waals surface area contributed by atoms with Crippen molar-refractivity contribution in [1.29, 1.82) is 0 Å². The van der Waals surface area contributed by atoms with E-state index in [-0.39, 0.29) is 12.2 Å². The van der Waals surface area contributed by atoms with Crippen LogP contribution < -0.4 is 0 Å². The number of carbonyl (C=O) groups is 2. The molecular weight excluding hydrogens is 376 g/mol. The van der Waals surface area contributed by atoms with Crippen molar-refractivity contribution < 1.29 is 19.4 Å². The number of methoxy groups -OCH3 is 1. The van der Waals surface area contributed by atoms with Crippen molar-refractivity contribution in [2.24, 2.45) is 5.41 Å². The summed E-state index contributed by atoms with van der Waals surface area (Å²) in [4.78, 5) is 23.6. The average molecular weight is 401 g/mol. The molecule has 0 aromatic heterocycles. The van der Waals surface area contributed by atoms with Gasteiger partial charge >= 0.3 is 5.97 Å². The Hall–Kier alpha value is -2.43. The molecule has 0 radical (unpaired) electrons. The van der Waals surface area contributed by atoms with Crippen molar-refractivity contribution in [2.45, 2.75) is 32.8 Å². The van der Waals surface area contributed by atoms with E-state index < -0.39 is 17.0 Å². The van der Waals surface area contributed by atoms with Crippen molar-refractivity contribution >= 4 is 29.4 Å². The van der Waals surface area contributed by atoms with Gasteiger partial charge in [-0.2, -0.15) is 0 Å². The predicted octanol–water partition coefficient (Wildman–Crippen LogP) is 4.69. The van der Waals surface area contributed by atoms with E-state index in [9.17, 15) is 14.7 Å². The van der Waals surface area contributed by atoms with Crippen molar-refractivity contribution in [3.05, 3.63) is 76.4 Å². The molecule has 1 aromatic carbocycles. The molecule has 1 aliphatic rings. The maximum Gasteiger partial charge on any atom is 0.330 e. The molecule has 1 N–H and O–H groups in total. The molecule has 0 unspecified atom stereocenters. The molecule has 0 bridgehead atoms. The zero-order valence-corrected chi connectivity index (χ0v) is 17.3. The van der Waals surface area contributed by atoms with Gasteiger partial charge in [-0.15, -0.1) is 0 Å². The van der Waals surface area contributed by atoms with Crippen LogP contribution in [0, 0.1) is 5.41 Å². The number of ketones is 1. The van der Waals surface area contributed by atoms with Gasteiger partial charge in [0.15, 0.2) is 5.78 Å². The van der Waals surface area contributed by atoms with E-state index in [0.29, 0.717) is 16.2 Å². The van der Waals surface area contributed by atoms with Gasteiger partial charge in [0.05, 0.1) is 7.11 Å². The first-order valence-corrected chi connectivity index (χ1v) is 9.32. The van der Waals surface area contributed by atoms with Crippen LogP contribution in [0.3, 0.4) is 0 Å². The molecule has 0 saturated heterocycles. The number of halogens is 1. The molecule has 4 nitrogen and oxygen atoms in total. The van der Waals surface area contributed by atoms with Crippen molar-refractivity contribution in [3.8, 4) is 0 Å². The van der Waals surface area contributed by atoms with Gasteiger partial charge in [0.25, 0.3) is 0 Å². The Kier molecular flexibility index (Phi) is 6.81. The maximum absolute atomic E-state index is 12.2. The van der Waals surface area contributed by atoms with Gasteiger partial charge in [0, 0.05) is 22.9 Å². The molecule has 5 heteroatoms. The number of aliphatic hydroxyl groups is 1. The molecule has 1 atom stereocenters. The molecule has 1 aliphatic carbocycles. The van der Waals surface area contributed by atoms with Gasteiger partial charge in [0.1, 0.15) is 5.60 Å². The first-order valence-electron chi connectivity index (χ1n) is 8.94. The predicted molar refractivity (Wildman–Crippen MR) is 112 cm³/mol. The van der Waals surface area contributed by atoms with E-state index in [1.165, 1.54) is 19.3 Å². The third-order valence-electron chi connectivity index (χ3n) is 4.86. The Labute approximate surface area is 170 Å². The van der Waals surface area contributed by atoms with Crippen molar-refractivity contribution in [1.82, 2.24) is 0 Å². The molecule has 0 amide bonds. The van der Waals surface area contributed by atoms with Gasteiger partial charge in [0.2, 0.25) is 0 Å². The summed E-state index contributed by atoms with van der Waals surface area (Å²) in [5.41, 5.74) is -0.0793. The number of esters is 1. The standard InChI is InChI=1S/C23H25ClO4/c1-16(13-21(26)28-4)11-12-23(27)18(14-20(25)15-22(23,2)3)8-5-17-6-9-19(24)10-7-17/h5-14,27H,15H2,1-4H3/b8-5+,12-11+,16-13-/t23-/m1/s1. The highest BCUT2D eigenvalue weighted by Crippen LogP contribution is 2.45. The quantitative estimate of drug-likeness (QED) is 0.442. The summed E-state index contributed by atoms with van der Waals surface area (Å²) >= 11 is 5.91. The molecule has 0 aliphatic heterocycles. The minimum atomic E-state index is -1.38. The number of benzene rings is 1. The molecule has 0 heterocycles. The number of hydrogen-bond donors (Lipinski definition) is 1. The minimum absolute atomic E-state index is 0.0411. The van der Waals surface area contributed by atoms with E-state index in [4.69, 9.17) is 11.6 Å². The first kappa shape index (κ1) is 21.9. The summed E-state index contributed by atoms with van der Waals surface area (Å²) < 4.78 is 4.62. The lowest BCUT2D eigenvalue weighted by Crippen LogP contribution is -2.48. The van der Waals surface area contributed by atoms with E-state index >= 15 is 0 Å². The van der Waals surface area contributed by atoms with Crippen LogP contribution in [0.1, 0.15) is 32.8 Å². The summed E-state index contributed by atoms with van der Waals surface area (Å²) in [6.45, 7) is 5.43. The smallest absolute Gasteiger partial charge is 0.330 e. The number of allylic oxidation sites excluding steroid dienone is 3. The van der Waals surface area contributed by atoms with Crippen LogP contribution in [0.15, 0.2) is 65.8 Å². The highest BCUT2D eigenvalue weighted by molar-refractivity contribution is 6.30. The Bertz CT molecular complexity index is 872. The lowest BCUT2D eigenvalue weighted by molar-refractivity contribution is -0.134. The number of ether oxygens (including phenoxy) is 1. The van der Waals surface area contributed by atoms with Crippen molar-refractivity contribution in [2.75, 3.05) is 7.11 Å². The highest BCUT2D eigenvalue weighted by atomic mass is 35.5. The van der Waals surface area contributed by atoms with Crippen LogP contribution >= 0.6 is 11.6 Å². The normalized spacial score (nSPS) is 22.6. The molecule has 0 spiro atoms. The number of carbonyl (C=O) groups excluding carboxylic acids is 2. The Morgan fingerprint density at radius 2 is 1.86 bits per heavy atom. The molecule has 148 valence electrons. The zero-order valence-electron chi connectivity index (χ0n) is 16.5. The molecule has 0 saturated carbocycles. The van der Waals surface area contributed by atoms with E-state index in [2.05, 4.69) is 4.74 Å². The topological polar surface area (TPSA) is 63.6 Å². The van der Waals surface area contributed by atoms with Crippen LogP contribution in [-0.2, 0) is 14.3 Å². The maximum atomic E-state index is 12.2. The zero-order chi connectivity index (χ0) is 20.9. The van der Waals surface area contributed by atoms with Gasteiger partial charge in [-0.3, -0.25) is 4.79 Å². The SMILES string of the molecule is COC(=O)/C=C(C)\C=C\[C@@]1(O)C(/C=C/c2ccc(Cl)cc2)=CC(=O)CC1(C)C. The summed E-state index contributed by atoms with van der Waals surface area (Å²) in [5.74, 6) is -0.508. The second-order valence-electron chi connectivity index (χ2n) is 7.52. The van der Waals surface area contributed by atoms with E-state index in [0.717, 1.165) is 5.56 Å². The molecule has 1 aromatic rings. The van der Waals surface area contributed by atoms with Gasteiger partial charge in [-0.25, -0.2) is 4.79 Å². The number of hydrogen-bond acceptors (Lipinski definition) is 4. The molecule has 28 heavy (non-hydrogen) atoms. The Balaban J connectivity index is 2.42. The summed E-state index contributed by atoms with van der Waals surface area (Å²) in [6.07, 6.45) is 9.89. The second kappa shape index (κ2) is 8.72. The van der Waals surface area contributed by atoms with E-state index in [1.54, 1.807) is 37.3 Å². The monoisotopic (exact) mass is 400 g/mol. The fourth-order valence-corrected chi connectivity index (χ4v) is 3.22. The first-order chi connectivity index (χ1) is 13.1. The molecule has 0 fully saturated rings. The second-order valence-corrected chi connectivity index (χ2v) is 7.96. The molecular formula is C23H25ClO4. The Morgan fingerprint density at radius 1 is 1.21 bits per heavy atom. The lowest BCUT2D eigenvalue weighted by atomic mass is 9.64. The molecule has 2 rings (SSSR count). The fourth-order valence-electron chi connectivity index (χ4n) is 3.10. The third-order valence-corrected chi connectivity index (χ3v) is 5.12. The number of rotatable bonds is 5.